The van der Waals surface area contributed by atoms with Crippen LogP contribution in [0.3, 0.4) is 0 Å². The van der Waals surface area contributed by atoms with E-state index in [2.05, 4.69) is 10.2 Å². The SMILES string of the molecule is CCn1cnnc1CCC(F)(F)F. The van der Waals surface area contributed by atoms with Gasteiger partial charge in [0, 0.05) is 13.0 Å². The number of aromatic nitrogens is 3. The van der Waals surface area contributed by atoms with E-state index in [1.807, 2.05) is 6.92 Å². The van der Waals surface area contributed by atoms with Gasteiger partial charge in [-0.25, -0.2) is 0 Å². The fraction of sp³-hybridized carbons (Fsp3) is 0.714. The molecule has 0 aliphatic heterocycles. The van der Waals surface area contributed by atoms with Gasteiger partial charge in [0.2, 0.25) is 0 Å². The zero-order valence-electron chi connectivity index (χ0n) is 7.17. The first-order chi connectivity index (χ1) is 6.03. The van der Waals surface area contributed by atoms with E-state index in [1.165, 1.54) is 6.33 Å². The minimum absolute atomic E-state index is 0.0999. The molecule has 0 saturated carbocycles. The molecule has 1 aromatic heterocycles. The summed E-state index contributed by atoms with van der Waals surface area (Å²) < 4.78 is 37.1. The van der Waals surface area contributed by atoms with Crippen LogP contribution in [0, 0.1) is 0 Å². The van der Waals surface area contributed by atoms with Gasteiger partial charge in [-0.15, -0.1) is 10.2 Å². The van der Waals surface area contributed by atoms with Crippen LogP contribution >= 0.6 is 0 Å². The molecule has 0 N–H and O–H groups in total. The second-order valence-corrected chi connectivity index (χ2v) is 2.65. The number of hydrogen-bond acceptors (Lipinski definition) is 2. The molecule has 0 spiro atoms. The molecule has 0 unspecified atom stereocenters. The van der Waals surface area contributed by atoms with Crippen LogP contribution in [-0.4, -0.2) is 20.9 Å². The number of hydrogen-bond donors (Lipinski definition) is 0. The monoisotopic (exact) mass is 193 g/mol. The molecule has 0 fully saturated rings. The van der Waals surface area contributed by atoms with E-state index >= 15 is 0 Å². The summed E-state index contributed by atoms with van der Waals surface area (Å²) in [5, 5.41) is 7.14. The fourth-order valence-corrected chi connectivity index (χ4v) is 0.990. The van der Waals surface area contributed by atoms with Crippen molar-refractivity contribution in [2.75, 3.05) is 0 Å². The molecule has 0 bridgehead atoms. The van der Waals surface area contributed by atoms with E-state index in [0.717, 1.165) is 0 Å². The summed E-state index contributed by atoms with van der Waals surface area (Å²) in [7, 11) is 0. The van der Waals surface area contributed by atoms with Gasteiger partial charge < -0.3 is 4.57 Å². The molecular formula is C7H10F3N3. The third-order valence-corrected chi connectivity index (χ3v) is 1.67. The molecule has 0 aliphatic carbocycles. The molecule has 1 heterocycles. The molecule has 0 saturated heterocycles. The minimum Gasteiger partial charge on any atom is -0.318 e. The van der Waals surface area contributed by atoms with E-state index < -0.39 is 12.6 Å². The Morgan fingerprint density at radius 3 is 2.69 bits per heavy atom. The van der Waals surface area contributed by atoms with Crippen molar-refractivity contribution >= 4 is 0 Å². The second kappa shape index (κ2) is 3.76. The van der Waals surface area contributed by atoms with Gasteiger partial charge in [-0.05, 0) is 6.92 Å². The zero-order chi connectivity index (χ0) is 9.90. The fourth-order valence-electron chi connectivity index (χ4n) is 0.990. The van der Waals surface area contributed by atoms with Crippen molar-refractivity contribution in [3.8, 4) is 0 Å². The number of aryl methyl sites for hydroxylation is 2. The Labute approximate surface area is 73.6 Å². The molecule has 0 amide bonds. The lowest BCUT2D eigenvalue weighted by Gasteiger charge is -2.05. The molecule has 3 nitrogen and oxygen atoms in total. The van der Waals surface area contributed by atoms with Crippen LogP contribution in [-0.2, 0) is 13.0 Å². The van der Waals surface area contributed by atoms with Gasteiger partial charge in [-0.2, -0.15) is 13.2 Å². The number of rotatable bonds is 3. The van der Waals surface area contributed by atoms with Crippen LogP contribution in [0.15, 0.2) is 6.33 Å². The largest absolute Gasteiger partial charge is 0.389 e. The molecule has 0 atom stereocenters. The number of alkyl halides is 3. The van der Waals surface area contributed by atoms with Crippen molar-refractivity contribution in [3.05, 3.63) is 12.2 Å². The number of nitrogens with zero attached hydrogens (tertiary/aromatic N) is 3. The molecule has 13 heavy (non-hydrogen) atoms. The summed E-state index contributed by atoms with van der Waals surface area (Å²) in [5.74, 6) is 0.389. The lowest BCUT2D eigenvalue weighted by atomic mass is 10.3. The average molecular weight is 193 g/mol. The van der Waals surface area contributed by atoms with E-state index in [1.54, 1.807) is 4.57 Å². The molecule has 1 rings (SSSR count). The summed E-state index contributed by atoms with van der Waals surface area (Å²) in [6.45, 7) is 2.43. The van der Waals surface area contributed by atoms with Crippen molar-refractivity contribution < 1.29 is 13.2 Å². The normalized spacial score (nSPS) is 12.0. The first kappa shape index (κ1) is 10.0. The molecule has 6 heteroatoms. The van der Waals surface area contributed by atoms with Gasteiger partial charge in [-0.1, -0.05) is 0 Å². The topological polar surface area (TPSA) is 30.7 Å². The smallest absolute Gasteiger partial charge is 0.318 e. The highest BCUT2D eigenvalue weighted by atomic mass is 19.4. The molecule has 74 valence electrons. The maximum atomic E-state index is 11.8. The van der Waals surface area contributed by atoms with Crippen LogP contribution in [0.4, 0.5) is 13.2 Å². The van der Waals surface area contributed by atoms with E-state index in [0.29, 0.717) is 12.4 Å². The Morgan fingerprint density at radius 1 is 1.46 bits per heavy atom. The highest BCUT2D eigenvalue weighted by molar-refractivity contribution is 4.86. The Morgan fingerprint density at radius 2 is 2.15 bits per heavy atom. The van der Waals surface area contributed by atoms with Crippen LogP contribution in [0.5, 0.6) is 0 Å². The summed E-state index contributed by atoms with van der Waals surface area (Å²) >= 11 is 0. The van der Waals surface area contributed by atoms with Gasteiger partial charge in [-0.3, -0.25) is 0 Å². The predicted octanol–water partition coefficient (Wildman–Crippen LogP) is 1.79. The van der Waals surface area contributed by atoms with Crippen LogP contribution in [0.2, 0.25) is 0 Å². The Bertz CT molecular complexity index is 266. The van der Waals surface area contributed by atoms with E-state index in [-0.39, 0.29) is 6.42 Å². The van der Waals surface area contributed by atoms with Crippen LogP contribution in [0.25, 0.3) is 0 Å². The van der Waals surface area contributed by atoms with Crippen LogP contribution in [0.1, 0.15) is 19.2 Å². The lowest BCUT2D eigenvalue weighted by molar-refractivity contribution is -0.134. The Hall–Kier alpha value is -1.07. The quantitative estimate of drug-likeness (QED) is 0.732. The van der Waals surface area contributed by atoms with Crippen molar-refractivity contribution in [3.63, 3.8) is 0 Å². The third kappa shape index (κ3) is 3.04. The first-order valence-electron chi connectivity index (χ1n) is 3.96. The number of halogens is 3. The Balaban J connectivity index is 2.54. The van der Waals surface area contributed by atoms with Gasteiger partial charge in [0.25, 0.3) is 0 Å². The third-order valence-electron chi connectivity index (χ3n) is 1.67. The summed E-state index contributed by atoms with van der Waals surface area (Å²) in [4.78, 5) is 0. The van der Waals surface area contributed by atoms with Crippen molar-refractivity contribution in [2.45, 2.75) is 32.5 Å². The molecule has 0 radical (unpaired) electrons. The summed E-state index contributed by atoms with van der Waals surface area (Å²) in [5.41, 5.74) is 0. The van der Waals surface area contributed by atoms with Gasteiger partial charge in [0.05, 0.1) is 6.42 Å². The van der Waals surface area contributed by atoms with Gasteiger partial charge in [0.1, 0.15) is 12.2 Å². The van der Waals surface area contributed by atoms with Gasteiger partial charge >= 0.3 is 6.18 Å². The molecule has 0 aliphatic rings. The Kier molecular flexibility index (Phi) is 2.90. The van der Waals surface area contributed by atoms with Crippen molar-refractivity contribution in [1.82, 2.24) is 14.8 Å². The van der Waals surface area contributed by atoms with E-state index in [4.69, 9.17) is 0 Å². The average Bonchev–Trinajstić information content (AvgIpc) is 2.46. The van der Waals surface area contributed by atoms with Crippen molar-refractivity contribution in [1.29, 1.82) is 0 Å². The van der Waals surface area contributed by atoms with Crippen molar-refractivity contribution in [2.24, 2.45) is 0 Å². The second-order valence-electron chi connectivity index (χ2n) is 2.65. The first-order valence-corrected chi connectivity index (χ1v) is 3.96. The molecular weight excluding hydrogens is 183 g/mol. The van der Waals surface area contributed by atoms with Gasteiger partial charge in [0.15, 0.2) is 0 Å². The lowest BCUT2D eigenvalue weighted by Crippen LogP contribution is -2.11. The maximum absolute atomic E-state index is 11.8. The summed E-state index contributed by atoms with van der Waals surface area (Å²) in [6, 6.07) is 0. The zero-order valence-corrected chi connectivity index (χ0v) is 7.17. The highest BCUT2D eigenvalue weighted by Crippen LogP contribution is 2.21. The highest BCUT2D eigenvalue weighted by Gasteiger charge is 2.27. The molecule has 1 aromatic rings. The minimum atomic E-state index is -4.12. The van der Waals surface area contributed by atoms with Crippen LogP contribution < -0.4 is 0 Å². The van der Waals surface area contributed by atoms with E-state index in [9.17, 15) is 13.2 Å². The molecule has 0 aromatic carbocycles. The predicted molar refractivity (Wildman–Crippen MR) is 40.1 cm³/mol. The maximum Gasteiger partial charge on any atom is 0.389 e. The summed E-state index contributed by atoms with van der Waals surface area (Å²) in [6.07, 6.45) is -3.63. The standard InChI is InChI=1S/C7H10F3N3/c1-2-13-5-11-12-6(13)3-4-7(8,9)10/h5H,2-4H2,1H3.